The molecule has 7 nitrogen and oxygen atoms in total. The maximum atomic E-state index is 12.4. The quantitative estimate of drug-likeness (QED) is 0.815. The van der Waals surface area contributed by atoms with Crippen molar-refractivity contribution < 1.29 is 9.53 Å². The first-order valence-electron chi connectivity index (χ1n) is 8.19. The molecule has 0 bridgehead atoms. The lowest BCUT2D eigenvalue weighted by atomic mass is 10.1. The van der Waals surface area contributed by atoms with Crippen molar-refractivity contribution in [2.45, 2.75) is 25.2 Å². The number of carbonyl (C=O) groups excluding carboxylic acids is 1. The standard InChI is InChI=1S/C17H21N5O2/c1-20-7-14(6-19-20)8-21-10-15-16(11-21)24-12-17(23)22(15)9-13-2-4-18-5-3-13/h2-7,15-16H,8-12H2,1H3/t15-,16-/m1/s1. The third kappa shape index (κ3) is 3.05. The van der Waals surface area contributed by atoms with Crippen molar-refractivity contribution >= 4 is 5.91 Å². The summed E-state index contributed by atoms with van der Waals surface area (Å²) in [5, 5.41) is 4.22. The molecule has 0 aliphatic carbocycles. The minimum Gasteiger partial charge on any atom is -0.365 e. The Morgan fingerprint density at radius 1 is 1.21 bits per heavy atom. The molecule has 126 valence electrons. The molecule has 0 aromatic carbocycles. The van der Waals surface area contributed by atoms with Gasteiger partial charge < -0.3 is 9.64 Å². The van der Waals surface area contributed by atoms with E-state index in [9.17, 15) is 4.79 Å². The van der Waals surface area contributed by atoms with Gasteiger partial charge in [0.1, 0.15) is 6.61 Å². The Morgan fingerprint density at radius 2 is 2.04 bits per heavy atom. The van der Waals surface area contributed by atoms with E-state index in [0.717, 1.165) is 25.2 Å². The zero-order chi connectivity index (χ0) is 16.5. The lowest BCUT2D eigenvalue weighted by molar-refractivity contribution is -0.153. The van der Waals surface area contributed by atoms with E-state index in [2.05, 4.69) is 15.0 Å². The van der Waals surface area contributed by atoms with Gasteiger partial charge in [-0.1, -0.05) is 0 Å². The fourth-order valence-electron chi connectivity index (χ4n) is 3.57. The molecular weight excluding hydrogens is 306 g/mol. The van der Waals surface area contributed by atoms with Crippen molar-refractivity contribution in [2.24, 2.45) is 7.05 Å². The summed E-state index contributed by atoms with van der Waals surface area (Å²) in [6, 6.07) is 4.02. The Morgan fingerprint density at radius 3 is 2.79 bits per heavy atom. The molecule has 0 unspecified atom stereocenters. The van der Waals surface area contributed by atoms with E-state index in [1.807, 2.05) is 41.2 Å². The van der Waals surface area contributed by atoms with E-state index in [4.69, 9.17) is 4.74 Å². The SMILES string of the molecule is Cn1cc(CN2C[C@@H]3[C@@H](C2)OCC(=O)N3Cc2ccncc2)cn1. The number of fused-ring (bicyclic) bond motifs is 1. The van der Waals surface area contributed by atoms with Crippen LogP contribution in [0.15, 0.2) is 36.9 Å². The highest BCUT2D eigenvalue weighted by molar-refractivity contribution is 5.78. The van der Waals surface area contributed by atoms with Gasteiger partial charge in [0, 0.05) is 57.4 Å². The maximum Gasteiger partial charge on any atom is 0.249 e. The van der Waals surface area contributed by atoms with Crippen molar-refractivity contribution in [1.29, 1.82) is 0 Å². The number of nitrogens with zero attached hydrogens (tertiary/aromatic N) is 5. The third-order valence-electron chi connectivity index (χ3n) is 4.72. The van der Waals surface area contributed by atoms with Crippen LogP contribution >= 0.6 is 0 Å². The van der Waals surface area contributed by atoms with E-state index in [-0.39, 0.29) is 24.7 Å². The van der Waals surface area contributed by atoms with Gasteiger partial charge in [-0.25, -0.2) is 0 Å². The predicted octanol–water partition coefficient (Wildman–Crippen LogP) is 0.427. The van der Waals surface area contributed by atoms with Crippen LogP contribution in [0.4, 0.5) is 0 Å². The molecule has 7 heteroatoms. The highest BCUT2D eigenvalue weighted by Gasteiger charge is 2.43. The molecule has 2 saturated heterocycles. The minimum atomic E-state index is 0.0660. The smallest absolute Gasteiger partial charge is 0.249 e. The molecule has 2 aliphatic rings. The Balaban J connectivity index is 1.46. The summed E-state index contributed by atoms with van der Waals surface area (Å²) in [6.07, 6.45) is 7.54. The first-order chi connectivity index (χ1) is 11.7. The normalized spacial score (nSPS) is 24.4. The molecule has 0 saturated carbocycles. The van der Waals surface area contributed by atoms with Gasteiger partial charge >= 0.3 is 0 Å². The number of aromatic nitrogens is 3. The van der Waals surface area contributed by atoms with E-state index in [0.29, 0.717) is 6.54 Å². The number of ether oxygens (including phenoxy) is 1. The number of rotatable bonds is 4. The van der Waals surface area contributed by atoms with E-state index in [1.165, 1.54) is 5.56 Å². The first kappa shape index (κ1) is 15.3. The molecule has 0 spiro atoms. The van der Waals surface area contributed by atoms with Crippen LogP contribution in [-0.4, -0.2) is 62.3 Å². The monoisotopic (exact) mass is 327 g/mol. The van der Waals surface area contributed by atoms with Crippen LogP contribution in [0.5, 0.6) is 0 Å². The van der Waals surface area contributed by atoms with Crippen LogP contribution in [0.25, 0.3) is 0 Å². The van der Waals surface area contributed by atoms with Gasteiger partial charge in [0.05, 0.1) is 18.3 Å². The fourth-order valence-corrected chi connectivity index (χ4v) is 3.57. The van der Waals surface area contributed by atoms with Crippen LogP contribution in [0.1, 0.15) is 11.1 Å². The Labute approximate surface area is 140 Å². The molecule has 4 rings (SSSR count). The molecule has 2 atom stereocenters. The zero-order valence-corrected chi connectivity index (χ0v) is 13.7. The summed E-state index contributed by atoms with van der Waals surface area (Å²) >= 11 is 0. The molecule has 2 fully saturated rings. The number of likely N-dealkylation sites (tertiary alicyclic amines) is 1. The second-order valence-corrected chi connectivity index (χ2v) is 6.51. The highest BCUT2D eigenvalue weighted by Crippen LogP contribution is 2.26. The average Bonchev–Trinajstić information content (AvgIpc) is 3.17. The molecular formula is C17H21N5O2. The van der Waals surface area contributed by atoms with Crippen molar-refractivity contribution in [3.05, 3.63) is 48.0 Å². The van der Waals surface area contributed by atoms with Gasteiger partial charge in [-0.2, -0.15) is 5.10 Å². The van der Waals surface area contributed by atoms with Gasteiger partial charge in [-0.05, 0) is 17.7 Å². The number of morpholine rings is 1. The lowest BCUT2D eigenvalue weighted by Gasteiger charge is -2.36. The number of aryl methyl sites for hydroxylation is 1. The van der Waals surface area contributed by atoms with E-state index < -0.39 is 0 Å². The van der Waals surface area contributed by atoms with Crippen LogP contribution in [-0.2, 0) is 29.7 Å². The number of hydrogen-bond donors (Lipinski definition) is 0. The zero-order valence-electron chi connectivity index (χ0n) is 13.7. The van der Waals surface area contributed by atoms with E-state index in [1.54, 1.807) is 12.4 Å². The topological polar surface area (TPSA) is 63.5 Å². The molecule has 2 aromatic rings. The molecule has 0 N–H and O–H groups in total. The Kier molecular flexibility index (Phi) is 4.03. The molecule has 4 heterocycles. The van der Waals surface area contributed by atoms with Gasteiger partial charge in [0.2, 0.25) is 5.91 Å². The van der Waals surface area contributed by atoms with Crippen molar-refractivity contribution in [3.8, 4) is 0 Å². The van der Waals surface area contributed by atoms with Crippen molar-refractivity contribution in [2.75, 3.05) is 19.7 Å². The summed E-state index contributed by atoms with van der Waals surface area (Å²) in [5.74, 6) is 0.0660. The second kappa shape index (κ2) is 6.33. The third-order valence-corrected chi connectivity index (χ3v) is 4.72. The molecule has 1 amide bonds. The second-order valence-electron chi connectivity index (χ2n) is 6.51. The van der Waals surface area contributed by atoms with Crippen molar-refractivity contribution in [3.63, 3.8) is 0 Å². The summed E-state index contributed by atoms with van der Waals surface area (Å²) in [5.41, 5.74) is 2.29. The van der Waals surface area contributed by atoms with Crippen LogP contribution < -0.4 is 0 Å². The summed E-state index contributed by atoms with van der Waals surface area (Å²) in [4.78, 5) is 20.7. The summed E-state index contributed by atoms with van der Waals surface area (Å²) < 4.78 is 7.60. The van der Waals surface area contributed by atoms with Gasteiger partial charge in [-0.3, -0.25) is 19.4 Å². The fraction of sp³-hybridized carbons (Fsp3) is 0.471. The average molecular weight is 327 g/mol. The van der Waals surface area contributed by atoms with Gasteiger partial charge in [0.25, 0.3) is 0 Å². The molecule has 24 heavy (non-hydrogen) atoms. The minimum absolute atomic E-state index is 0.0660. The van der Waals surface area contributed by atoms with Crippen molar-refractivity contribution in [1.82, 2.24) is 24.6 Å². The highest BCUT2D eigenvalue weighted by atomic mass is 16.5. The van der Waals surface area contributed by atoms with Gasteiger partial charge in [0.15, 0.2) is 0 Å². The lowest BCUT2D eigenvalue weighted by Crippen LogP contribution is -2.53. The Hall–Kier alpha value is -2.25. The predicted molar refractivity (Wildman–Crippen MR) is 86.8 cm³/mol. The summed E-state index contributed by atoms with van der Waals surface area (Å²) in [6.45, 7) is 3.30. The molecule has 0 radical (unpaired) electrons. The molecule has 2 aromatic heterocycles. The van der Waals surface area contributed by atoms with Crippen LogP contribution in [0.2, 0.25) is 0 Å². The van der Waals surface area contributed by atoms with Gasteiger partial charge in [-0.15, -0.1) is 0 Å². The first-order valence-corrected chi connectivity index (χ1v) is 8.19. The number of hydrogen-bond acceptors (Lipinski definition) is 5. The van der Waals surface area contributed by atoms with Crippen LogP contribution in [0.3, 0.4) is 0 Å². The number of carbonyl (C=O) groups is 1. The number of amides is 1. The Bertz CT molecular complexity index is 717. The largest absolute Gasteiger partial charge is 0.365 e. The van der Waals surface area contributed by atoms with E-state index >= 15 is 0 Å². The van der Waals surface area contributed by atoms with Crippen LogP contribution in [0, 0.1) is 0 Å². The summed E-state index contributed by atoms with van der Waals surface area (Å²) in [7, 11) is 1.92. The maximum absolute atomic E-state index is 12.4. The molecule has 2 aliphatic heterocycles. The number of pyridine rings is 1.